The Bertz CT molecular complexity index is 702. The molecule has 156 valence electrons. The number of nitrogen functional groups attached to an aromatic ring is 4. The molecule has 4 rings (SSSR count). The molecular weight excluding hydrogens is 368 g/mol. The Morgan fingerprint density at radius 3 is 0.500 bits per heavy atom. The average Bonchev–Trinajstić information content (AvgIpc) is 2.79. The van der Waals surface area contributed by atoms with Gasteiger partial charge in [-0.05, 0) is 48.5 Å². The Hall–Kier alpha value is -4.18. The fourth-order valence-electron chi connectivity index (χ4n) is 1.81. The third-order valence-corrected chi connectivity index (χ3v) is 3.20. The molecule has 0 heterocycles. The number of hydrogen-bond donors (Lipinski definition) is 4. The molecule has 0 radical (unpaired) electrons. The van der Waals surface area contributed by atoms with Crippen LogP contribution in [0.15, 0.2) is 134 Å². The van der Waals surface area contributed by atoms with E-state index in [-0.39, 0.29) is 0 Å². The Morgan fingerprint density at radius 1 is 0.300 bits per heavy atom. The van der Waals surface area contributed by atoms with E-state index < -0.39 is 0 Å². The maximum atomic E-state index is 5.36. The first-order valence-electron chi connectivity index (χ1n) is 9.30. The summed E-state index contributed by atoms with van der Waals surface area (Å²) in [6.07, 6.45) is 0. The van der Waals surface area contributed by atoms with Gasteiger partial charge < -0.3 is 22.9 Å². The lowest BCUT2D eigenvalue weighted by Crippen LogP contribution is -1.79. The Kier molecular flexibility index (Phi) is 15.7. The zero-order valence-corrected chi connectivity index (χ0v) is 17.3. The smallest absolute Gasteiger partial charge is 0.0313 e. The number of rotatable bonds is 0. The topological polar surface area (TPSA) is 104 Å². The molecule has 0 aliphatic rings. The van der Waals surface area contributed by atoms with Gasteiger partial charge in [0.2, 0.25) is 0 Å². The van der Waals surface area contributed by atoms with E-state index in [1.807, 2.05) is 121 Å². The number of benzene rings is 4. The molecule has 30 heavy (non-hydrogen) atoms. The summed E-state index contributed by atoms with van der Waals surface area (Å²) in [6, 6.07) is 37.9. The minimum absolute atomic E-state index is 0.822. The van der Waals surface area contributed by atoms with Crippen LogP contribution in [-0.4, -0.2) is 0 Å². The molecule has 0 amide bonds. The van der Waals surface area contributed by atoms with Crippen LogP contribution in [0.2, 0.25) is 0 Å². The molecule has 0 bridgehead atoms. The molecule has 4 aromatic carbocycles. The Labute approximate surface area is 180 Å². The van der Waals surface area contributed by atoms with Gasteiger partial charge in [0.1, 0.15) is 0 Å². The lowest BCUT2D eigenvalue weighted by atomic mass is 10.3. The molecular formula is C26H32N4. The summed E-state index contributed by atoms with van der Waals surface area (Å²) in [4.78, 5) is 0. The minimum atomic E-state index is 0.822. The number of anilines is 4. The van der Waals surface area contributed by atoms with Gasteiger partial charge in [0.25, 0.3) is 0 Å². The van der Waals surface area contributed by atoms with E-state index >= 15 is 0 Å². The largest absolute Gasteiger partial charge is 0.399 e. The quantitative estimate of drug-likeness (QED) is 0.219. The molecule has 0 aliphatic heterocycles. The van der Waals surface area contributed by atoms with E-state index in [1.54, 1.807) is 0 Å². The summed E-state index contributed by atoms with van der Waals surface area (Å²) in [6.45, 7) is 6.00. The van der Waals surface area contributed by atoms with Gasteiger partial charge in [-0.1, -0.05) is 72.8 Å². The molecule has 4 aromatic rings. The highest BCUT2D eigenvalue weighted by atomic mass is 14.5. The van der Waals surface area contributed by atoms with Crippen molar-refractivity contribution in [3.05, 3.63) is 134 Å². The molecule has 0 unspecified atom stereocenters. The predicted octanol–water partition coefficient (Wildman–Crippen LogP) is 5.88. The minimum Gasteiger partial charge on any atom is -0.399 e. The van der Waals surface area contributed by atoms with E-state index in [2.05, 4.69) is 13.2 Å². The van der Waals surface area contributed by atoms with Crippen molar-refractivity contribution < 1.29 is 0 Å². The third-order valence-electron chi connectivity index (χ3n) is 3.20. The number of hydrogen-bond acceptors (Lipinski definition) is 4. The van der Waals surface area contributed by atoms with Gasteiger partial charge in [-0.3, -0.25) is 0 Å². The summed E-state index contributed by atoms with van der Waals surface area (Å²) in [5.41, 5.74) is 24.7. The van der Waals surface area contributed by atoms with Crippen LogP contribution in [0.3, 0.4) is 0 Å². The maximum absolute atomic E-state index is 5.36. The second-order valence-electron chi connectivity index (χ2n) is 5.64. The van der Waals surface area contributed by atoms with Crippen molar-refractivity contribution >= 4 is 22.7 Å². The highest BCUT2D eigenvalue weighted by Crippen LogP contribution is 1.97. The number of para-hydroxylation sites is 4. The van der Waals surface area contributed by atoms with E-state index in [4.69, 9.17) is 22.9 Å². The molecule has 0 aromatic heterocycles. The first-order valence-corrected chi connectivity index (χ1v) is 9.30. The molecule has 0 atom stereocenters. The highest BCUT2D eigenvalue weighted by molar-refractivity contribution is 5.37. The van der Waals surface area contributed by atoms with Gasteiger partial charge in [-0.15, -0.1) is 13.2 Å². The Balaban J connectivity index is 0.000000363. The van der Waals surface area contributed by atoms with Crippen molar-refractivity contribution in [3.63, 3.8) is 0 Å². The van der Waals surface area contributed by atoms with Gasteiger partial charge in [0.15, 0.2) is 0 Å². The average molecular weight is 401 g/mol. The first-order chi connectivity index (χ1) is 14.6. The zero-order valence-electron chi connectivity index (χ0n) is 17.3. The predicted molar refractivity (Wildman–Crippen MR) is 135 cm³/mol. The maximum Gasteiger partial charge on any atom is 0.0313 e. The third kappa shape index (κ3) is 16.0. The molecule has 0 saturated heterocycles. The van der Waals surface area contributed by atoms with E-state index in [1.165, 1.54) is 0 Å². The van der Waals surface area contributed by atoms with Crippen molar-refractivity contribution in [1.29, 1.82) is 0 Å². The van der Waals surface area contributed by atoms with Crippen molar-refractivity contribution in [2.24, 2.45) is 0 Å². The molecule has 0 fully saturated rings. The second kappa shape index (κ2) is 18.2. The molecule has 0 aliphatic carbocycles. The molecule has 0 spiro atoms. The van der Waals surface area contributed by atoms with Gasteiger partial charge >= 0.3 is 0 Å². The first kappa shape index (κ1) is 25.8. The molecule has 0 saturated carbocycles. The van der Waals surface area contributed by atoms with Crippen molar-refractivity contribution in [2.75, 3.05) is 22.9 Å². The van der Waals surface area contributed by atoms with Crippen LogP contribution in [0.5, 0.6) is 0 Å². The van der Waals surface area contributed by atoms with Crippen LogP contribution >= 0.6 is 0 Å². The van der Waals surface area contributed by atoms with Gasteiger partial charge in [-0.25, -0.2) is 0 Å². The van der Waals surface area contributed by atoms with Crippen molar-refractivity contribution in [3.8, 4) is 0 Å². The normalized spacial score (nSPS) is 8.13. The summed E-state index contributed by atoms with van der Waals surface area (Å²) >= 11 is 0. The monoisotopic (exact) mass is 400 g/mol. The van der Waals surface area contributed by atoms with Crippen molar-refractivity contribution in [1.82, 2.24) is 0 Å². The van der Waals surface area contributed by atoms with E-state index in [9.17, 15) is 0 Å². The van der Waals surface area contributed by atoms with Gasteiger partial charge in [0, 0.05) is 22.7 Å². The van der Waals surface area contributed by atoms with Crippen molar-refractivity contribution in [2.45, 2.75) is 0 Å². The highest BCUT2D eigenvalue weighted by Gasteiger charge is 1.74. The second-order valence-corrected chi connectivity index (χ2v) is 5.64. The molecule has 4 heteroatoms. The van der Waals surface area contributed by atoms with Crippen LogP contribution in [-0.2, 0) is 0 Å². The van der Waals surface area contributed by atoms with E-state index in [0.717, 1.165) is 22.7 Å². The van der Waals surface area contributed by atoms with Crippen LogP contribution in [0.25, 0.3) is 0 Å². The summed E-state index contributed by atoms with van der Waals surface area (Å²) in [5, 5.41) is 0. The standard InChI is InChI=1S/4C6H7N.C2H4/c4*7-6-4-2-1-3-5-6;1-2/h4*1-5H,7H2;1-2H2. The van der Waals surface area contributed by atoms with Crippen LogP contribution in [0.4, 0.5) is 22.7 Å². The lowest BCUT2D eigenvalue weighted by Gasteiger charge is -1.83. The summed E-state index contributed by atoms with van der Waals surface area (Å²) in [5.74, 6) is 0. The van der Waals surface area contributed by atoms with E-state index in [0.29, 0.717) is 0 Å². The molecule has 4 nitrogen and oxygen atoms in total. The SMILES string of the molecule is C=C.Nc1ccccc1.Nc1ccccc1.Nc1ccccc1.Nc1ccccc1. The summed E-state index contributed by atoms with van der Waals surface area (Å²) < 4.78 is 0. The van der Waals surface area contributed by atoms with Crippen LogP contribution < -0.4 is 22.9 Å². The summed E-state index contributed by atoms with van der Waals surface area (Å²) in [7, 11) is 0. The fraction of sp³-hybridized carbons (Fsp3) is 0. The van der Waals surface area contributed by atoms with Crippen LogP contribution in [0.1, 0.15) is 0 Å². The Morgan fingerprint density at radius 2 is 0.433 bits per heavy atom. The van der Waals surface area contributed by atoms with Crippen LogP contribution in [0, 0.1) is 0 Å². The lowest BCUT2D eigenvalue weighted by molar-refractivity contribution is 1.69. The van der Waals surface area contributed by atoms with Gasteiger partial charge in [-0.2, -0.15) is 0 Å². The zero-order chi connectivity index (χ0) is 22.5. The van der Waals surface area contributed by atoms with Gasteiger partial charge in [0.05, 0.1) is 0 Å². The molecule has 8 N–H and O–H groups in total. The number of nitrogens with two attached hydrogens (primary N) is 4. The fourth-order valence-corrected chi connectivity index (χ4v) is 1.81.